The summed E-state index contributed by atoms with van der Waals surface area (Å²) in [6, 6.07) is 0. The van der Waals surface area contributed by atoms with E-state index in [-0.39, 0.29) is 11.7 Å². The molecule has 1 aliphatic heterocycles. The van der Waals surface area contributed by atoms with Gasteiger partial charge in [-0.15, -0.1) is 0 Å². The third-order valence-electron chi connectivity index (χ3n) is 3.21. The Morgan fingerprint density at radius 3 is 2.38 bits per heavy atom. The molecule has 0 aromatic heterocycles. The van der Waals surface area contributed by atoms with Crippen molar-refractivity contribution in [3.63, 3.8) is 0 Å². The molecule has 16 heavy (non-hydrogen) atoms. The Bertz CT molecular complexity index is 193. The van der Waals surface area contributed by atoms with Crippen LogP contribution in [0.15, 0.2) is 0 Å². The average molecular weight is 230 g/mol. The number of aliphatic hydroxyl groups is 1. The van der Waals surface area contributed by atoms with Crippen LogP contribution in [0.3, 0.4) is 0 Å². The van der Waals surface area contributed by atoms with Gasteiger partial charge in [-0.05, 0) is 39.5 Å². The molecule has 96 valence electrons. The summed E-state index contributed by atoms with van der Waals surface area (Å²) in [6.45, 7) is 12.1. The molecular formula is C13H28NO2+. The average Bonchev–Trinajstić information content (AvgIpc) is 2.18. The number of aliphatic hydroxyl groups excluding tert-OH is 1. The fourth-order valence-electron chi connectivity index (χ4n) is 2.11. The highest BCUT2D eigenvalue weighted by Crippen LogP contribution is 2.08. The Kier molecular flexibility index (Phi) is 5.22. The van der Waals surface area contributed by atoms with Crippen molar-refractivity contribution in [1.82, 2.24) is 0 Å². The van der Waals surface area contributed by atoms with Gasteiger partial charge in [-0.1, -0.05) is 6.92 Å². The van der Waals surface area contributed by atoms with Crippen molar-refractivity contribution < 1.29 is 14.7 Å². The summed E-state index contributed by atoms with van der Waals surface area (Å²) in [5, 5.41) is 9.88. The highest BCUT2D eigenvalue weighted by Gasteiger charge is 2.22. The number of likely N-dealkylation sites (tertiary alicyclic amines) is 1. The lowest BCUT2D eigenvalue weighted by atomic mass is 9.99. The summed E-state index contributed by atoms with van der Waals surface area (Å²) >= 11 is 0. The first kappa shape index (κ1) is 13.9. The van der Waals surface area contributed by atoms with Crippen LogP contribution in [-0.4, -0.2) is 43.1 Å². The molecule has 2 N–H and O–H groups in total. The zero-order valence-electron chi connectivity index (χ0n) is 11.3. The highest BCUT2D eigenvalue weighted by atomic mass is 16.5. The number of rotatable bonds is 4. The summed E-state index contributed by atoms with van der Waals surface area (Å²) in [7, 11) is 0. The van der Waals surface area contributed by atoms with Crippen molar-refractivity contribution in [2.45, 2.75) is 52.2 Å². The summed E-state index contributed by atoms with van der Waals surface area (Å²) in [6.07, 6.45) is 2.27. The molecule has 1 heterocycles. The monoisotopic (exact) mass is 230 g/mol. The van der Waals surface area contributed by atoms with Crippen molar-refractivity contribution >= 4 is 0 Å². The van der Waals surface area contributed by atoms with Gasteiger partial charge in [0.15, 0.2) is 0 Å². The predicted molar refractivity (Wildman–Crippen MR) is 65.7 cm³/mol. The van der Waals surface area contributed by atoms with Gasteiger partial charge < -0.3 is 14.7 Å². The number of hydrogen-bond donors (Lipinski definition) is 2. The minimum atomic E-state index is -0.317. The van der Waals surface area contributed by atoms with Crippen LogP contribution in [0.25, 0.3) is 0 Å². The second-order valence-electron chi connectivity index (χ2n) is 6.21. The third-order valence-corrected chi connectivity index (χ3v) is 3.21. The fourth-order valence-corrected chi connectivity index (χ4v) is 2.11. The molecule has 0 saturated carbocycles. The molecule has 1 saturated heterocycles. The number of hydrogen-bond acceptors (Lipinski definition) is 2. The Hall–Kier alpha value is -0.120. The van der Waals surface area contributed by atoms with Gasteiger partial charge in [0.2, 0.25) is 0 Å². The Labute approximate surface area is 99.8 Å². The first-order chi connectivity index (χ1) is 7.37. The van der Waals surface area contributed by atoms with Crippen molar-refractivity contribution in [1.29, 1.82) is 0 Å². The molecule has 0 aliphatic carbocycles. The second-order valence-corrected chi connectivity index (χ2v) is 6.21. The lowest BCUT2D eigenvalue weighted by Gasteiger charge is -2.29. The molecule has 1 rings (SSSR count). The van der Waals surface area contributed by atoms with Gasteiger partial charge in [0.1, 0.15) is 12.6 Å². The van der Waals surface area contributed by atoms with E-state index >= 15 is 0 Å². The van der Waals surface area contributed by atoms with Crippen molar-refractivity contribution in [2.75, 3.05) is 26.2 Å². The van der Waals surface area contributed by atoms with Crippen LogP contribution in [-0.2, 0) is 4.74 Å². The largest absolute Gasteiger partial charge is 0.385 e. The molecule has 3 heteroatoms. The van der Waals surface area contributed by atoms with Crippen LogP contribution < -0.4 is 4.90 Å². The van der Waals surface area contributed by atoms with Crippen molar-refractivity contribution in [3.05, 3.63) is 0 Å². The molecule has 0 amide bonds. The van der Waals surface area contributed by atoms with Crippen LogP contribution in [0.2, 0.25) is 0 Å². The summed E-state index contributed by atoms with van der Waals surface area (Å²) < 4.78 is 5.59. The second kappa shape index (κ2) is 5.99. The standard InChI is InChI=1S/C13H27NO2/c1-11-5-7-14(8-6-11)9-12(15)10-16-13(2,3)4/h11-12,15H,5-10H2,1-4H3/p+1/t12-/m0/s1. The number of piperidine rings is 1. The number of nitrogens with one attached hydrogen (secondary N) is 1. The minimum Gasteiger partial charge on any atom is -0.385 e. The van der Waals surface area contributed by atoms with E-state index in [9.17, 15) is 5.11 Å². The molecule has 1 aliphatic rings. The van der Waals surface area contributed by atoms with E-state index in [1.54, 1.807) is 0 Å². The maximum Gasteiger partial charge on any atom is 0.126 e. The van der Waals surface area contributed by atoms with Crippen LogP contribution in [0.1, 0.15) is 40.5 Å². The Morgan fingerprint density at radius 2 is 1.88 bits per heavy atom. The molecule has 0 bridgehead atoms. The zero-order valence-corrected chi connectivity index (χ0v) is 11.3. The fraction of sp³-hybridized carbons (Fsp3) is 1.00. The SMILES string of the molecule is CC1CC[NH+](C[C@H](O)COC(C)(C)C)CC1. The molecule has 0 aromatic carbocycles. The topological polar surface area (TPSA) is 33.9 Å². The first-order valence-corrected chi connectivity index (χ1v) is 6.52. The maximum absolute atomic E-state index is 9.88. The highest BCUT2D eigenvalue weighted by molar-refractivity contribution is 4.62. The van der Waals surface area contributed by atoms with Gasteiger partial charge >= 0.3 is 0 Å². The van der Waals surface area contributed by atoms with E-state index in [1.165, 1.54) is 30.8 Å². The molecule has 0 unspecified atom stereocenters. The van der Waals surface area contributed by atoms with Crippen molar-refractivity contribution in [3.8, 4) is 0 Å². The van der Waals surface area contributed by atoms with Crippen LogP contribution >= 0.6 is 0 Å². The van der Waals surface area contributed by atoms with E-state index in [0.29, 0.717) is 6.61 Å². The molecule has 0 spiro atoms. The van der Waals surface area contributed by atoms with Gasteiger partial charge in [0, 0.05) is 0 Å². The smallest absolute Gasteiger partial charge is 0.126 e. The zero-order chi connectivity index (χ0) is 12.2. The first-order valence-electron chi connectivity index (χ1n) is 6.52. The third kappa shape index (κ3) is 5.83. The molecular weight excluding hydrogens is 202 g/mol. The van der Waals surface area contributed by atoms with Crippen LogP contribution in [0.5, 0.6) is 0 Å². The van der Waals surface area contributed by atoms with Gasteiger partial charge in [-0.3, -0.25) is 0 Å². The van der Waals surface area contributed by atoms with Gasteiger partial charge in [-0.2, -0.15) is 0 Å². The quantitative estimate of drug-likeness (QED) is 0.736. The maximum atomic E-state index is 9.88. The van der Waals surface area contributed by atoms with Crippen molar-refractivity contribution in [2.24, 2.45) is 5.92 Å². The van der Waals surface area contributed by atoms with Crippen LogP contribution in [0.4, 0.5) is 0 Å². The minimum absolute atomic E-state index is 0.146. The van der Waals surface area contributed by atoms with Gasteiger partial charge in [-0.25, -0.2) is 0 Å². The number of ether oxygens (including phenoxy) is 1. The molecule has 0 radical (unpaired) electrons. The van der Waals surface area contributed by atoms with E-state index in [1.807, 2.05) is 20.8 Å². The lowest BCUT2D eigenvalue weighted by molar-refractivity contribution is -0.909. The summed E-state index contributed by atoms with van der Waals surface area (Å²) in [5.74, 6) is 0.867. The lowest BCUT2D eigenvalue weighted by Crippen LogP contribution is -3.14. The van der Waals surface area contributed by atoms with E-state index < -0.39 is 0 Å². The summed E-state index contributed by atoms with van der Waals surface area (Å²) in [5.41, 5.74) is -0.146. The van der Waals surface area contributed by atoms with E-state index in [0.717, 1.165) is 12.5 Å². The van der Waals surface area contributed by atoms with E-state index in [2.05, 4.69) is 6.92 Å². The number of quaternary nitrogens is 1. The van der Waals surface area contributed by atoms with Crippen LogP contribution in [0, 0.1) is 5.92 Å². The molecule has 3 nitrogen and oxygen atoms in total. The van der Waals surface area contributed by atoms with Gasteiger partial charge in [0.05, 0.1) is 25.3 Å². The molecule has 0 aromatic rings. The Morgan fingerprint density at radius 1 is 1.31 bits per heavy atom. The molecule has 1 atom stereocenters. The van der Waals surface area contributed by atoms with Gasteiger partial charge in [0.25, 0.3) is 0 Å². The predicted octanol–water partition coefficient (Wildman–Crippen LogP) is 0.477. The van der Waals surface area contributed by atoms with E-state index in [4.69, 9.17) is 4.74 Å². The summed E-state index contributed by atoms with van der Waals surface area (Å²) in [4.78, 5) is 1.53. The Balaban J connectivity index is 2.16. The normalized spacial score (nSPS) is 29.1. The molecule has 1 fully saturated rings.